The molecule has 1 heterocycles. The van der Waals surface area contributed by atoms with Gasteiger partial charge in [0.2, 0.25) is 0 Å². The largest absolute Gasteiger partial charge is 0.497 e. The van der Waals surface area contributed by atoms with E-state index in [-0.39, 0.29) is 0 Å². The first-order valence-electron chi connectivity index (χ1n) is 6.60. The van der Waals surface area contributed by atoms with E-state index in [0.717, 1.165) is 32.5 Å². The molecule has 0 bridgehead atoms. The Morgan fingerprint density at radius 2 is 2.09 bits per heavy atom. The molecule has 0 fully saturated rings. The van der Waals surface area contributed by atoms with Crippen molar-refractivity contribution in [3.05, 3.63) is 58.7 Å². The number of benzene rings is 2. The summed E-state index contributed by atoms with van der Waals surface area (Å²) in [4.78, 5) is 4.33. The number of methoxy groups -OCH3 is 1. The quantitative estimate of drug-likeness (QED) is 0.746. The fourth-order valence-corrected chi connectivity index (χ4v) is 2.63. The van der Waals surface area contributed by atoms with Crippen molar-refractivity contribution in [3.63, 3.8) is 0 Å². The van der Waals surface area contributed by atoms with Crippen LogP contribution in [0.3, 0.4) is 0 Å². The van der Waals surface area contributed by atoms with Gasteiger partial charge in [0, 0.05) is 27.8 Å². The molecular weight excluding hydrogens is 342 g/mol. The number of hydrogen-bond donors (Lipinski definition) is 1. The van der Waals surface area contributed by atoms with Gasteiger partial charge in [0.05, 0.1) is 23.9 Å². The molecule has 4 nitrogen and oxygen atoms in total. The molecule has 0 aliphatic carbocycles. The molecule has 0 aliphatic heterocycles. The van der Waals surface area contributed by atoms with E-state index in [9.17, 15) is 5.26 Å². The Morgan fingerprint density at radius 3 is 2.82 bits per heavy atom. The molecule has 0 unspecified atom stereocenters. The zero-order valence-electron chi connectivity index (χ0n) is 11.8. The maximum atomic E-state index is 9.35. The highest BCUT2D eigenvalue weighted by Crippen LogP contribution is 2.31. The minimum atomic E-state index is 0.498. The topological polar surface area (TPSA) is 57.9 Å². The summed E-state index contributed by atoms with van der Waals surface area (Å²) in [5, 5.41) is 13.5. The van der Waals surface area contributed by atoms with Crippen LogP contribution in [-0.4, -0.2) is 12.1 Å². The molecule has 0 saturated carbocycles. The molecule has 3 rings (SSSR count). The molecule has 22 heavy (non-hydrogen) atoms. The van der Waals surface area contributed by atoms with Crippen molar-refractivity contribution in [2.75, 3.05) is 12.4 Å². The van der Waals surface area contributed by atoms with Gasteiger partial charge in [0.25, 0.3) is 0 Å². The number of anilines is 2. The van der Waals surface area contributed by atoms with E-state index in [1.807, 2.05) is 42.5 Å². The minimum Gasteiger partial charge on any atom is -0.497 e. The van der Waals surface area contributed by atoms with Gasteiger partial charge in [-0.05, 0) is 30.3 Å². The van der Waals surface area contributed by atoms with Crippen molar-refractivity contribution in [1.82, 2.24) is 4.98 Å². The fourth-order valence-electron chi connectivity index (χ4n) is 2.23. The summed E-state index contributed by atoms with van der Waals surface area (Å²) in [5.74, 6) is 0.734. The molecule has 0 amide bonds. The first-order valence-corrected chi connectivity index (χ1v) is 7.40. The first kappa shape index (κ1) is 14.4. The number of rotatable bonds is 3. The van der Waals surface area contributed by atoms with Crippen LogP contribution in [0, 0.1) is 11.3 Å². The van der Waals surface area contributed by atoms with Crippen molar-refractivity contribution < 1.29 is 4.74 Å². The maximum absolute atomic E-state index is 9.35. The van der Waals surface area contributed by atoms with E-state index in [4.69, 9.17) is 4.74 Å². The van der Waals surface area contributed by atoms with E-state index < -0.39 is 0 Å². The third-order valence-corrected chi connectivity index (χ3v) is 3.78. The van der Waals surface area contributed by atoms with Crippen LogP contribution >= 0.6 is 15.9 Å². The second kappa shape index (κ2) is 6.04. The first-order chi connectivity index (χ1) is 10.7. The standard InChI is InChI=1S/C17H12BrN3O/c1-22-14-5-6-15-16(8-14)20-10-11(9-19)17(15)21-13-4-2-3-12(18)7-13/h2-8,10H,1H3,(H,20,21). The van der Waals surface area contributed by atoms with Gasteiger partial charge in [-0.3, -0.25) is 4.98 Å². The molecular formula is C17H12BrN3O. The number of nitriles is 1. The molecule has 0 saturated heterocycles. The highest BCUT2D eigenvalue weighted by molar-refractivity contribution is 9.10. The Bertz CT molecular complexity index is 887. The van der Waals surface area contributed by atoms with Gasteiger partial charge < -0.3 is 10.1 Å². The highest BCUT2D eigenvalue weighted by Gasteiger charge is 2.10. The minimum absolute atomic E-state index is 0.498. The van der Waals surface area contributed by atoms with Crippen LogP contribution in [0.5, 0.6) is 5.75 Å². The number of nitrogens with one attached hydrogen (secondary N) is 1. The average Bonchev–Trinajstić information content (AvgIpc) is 2.54. The zero-order valence-corrected chi connectivity index (χ0v) is 13.4. The normalized spacial score (nSPS) is 10.2. The molecule has 0 aliphatic rings. The summed E-state index contributed by atoms with van der Waals surface area (Å²) in [6, 6.07) is 15.6. The summed E-state index contributed by atoms with van der Waals surface area (Å²) in [6.45, 7) is 0. The van der Waals surface area contributed by atoms with Gasteiger partial charge in [-0.25, -0.2) is 0 Å². The summed E-state index contributed by atoms with van der Waals surface area (Å²) in [6.07, 6.45) is 1.57. The predicted molar refractivity (Wildman–Crippen MR) is 90.4 cm³/mol. The third kappa shape index (κ3) is 2.74. The van der Waals surface area contributed by atoms with Crippen molar-refractivity contribution in [1.29, 1.82) is 5.26 Å². The van der Waals surface area contributed by atoms with E-state index >= 15 is 0 Å². The number of fused-ring (bicyclic) bond motifs is 1. The monoisotopic (exact) mass is 353 g/mol. The van der Waals surface area contributed by atoms with Crippen molar-refractivity contribution >= 4 is 38.2 Å². The molecule has 1 aromatic heterocycles. The lowest BCUT2D eigenvalue weighted by molar-refractivity contribution is 0.415. The molecule has 5 heteroatoms. The van der Waals surface area contributed by atoms with Crippen LogP contribution in [0.4, 0.5) is 11.4 Å². The highest BCUT2D eigenvalue weighted by atomic mass is 79.9. The van der Waals surface area contributed by atoms with E-state index in [1.165, 1.54) is 0 Å². The number of ether oxygens (including phenoxy) is 1. The van der Waals surface area contributed by atoms with Crippen LogP contribution < -0.4 is 10.1 Å². The van der Waals surface area contributed by atoms with Crippen LogP contribution in [0.15, 0.2) is 53.1 Å². The lowest BCUT2D eigenvalue weighted by Crippen LogP contribution is -1.97. The van der Waals surface area contributed by atoms with E-state index in [2.05, 4.69) is 32.3 Å². The van der Waals surface area contributed by atoms with Gasteiger partial charge in [-0.2, -0.15) is 5.26 Å². The second-order valence-electron chi connectivity index (χ2n) is 4.68. The van der Waals surface area contributed by atoms with Crippen LogP contribution in [0.1, 0.15) is 5.56 Å². The molecule has 2 aromatic carbocycles. The number of hydrogen-bond acceptors (Lipinski definition) is 4. The van der Waals surface area contributed by atoms with E-state index in [0.29, 0.717) is 5.56 Å². The molecule has 0 atom stereocenters. The lowest BCUT2D eigenvalue weighted by Gasteiger charge is -2.12. The predicted octanol–water partition coefficient (Wildman–Crippen LogP) is 4.62. The molecule has 3 aromatic rings. The van der Waals surface area contributed by atoms with Crippen molar-refractivity contribution in [3.8, 4) is 11.8 Å². The summed E-state index contributed by atoms with van der Waals surface area (Å²) in [5.41, 5.74) is 2.91. The Balaban J connectivity index is 2.15. The zero-order chi connectivity index (χ0) is 15.5. The molecule has 0 radical (unpaired) electrons. The van der Waals surface area contributed by atoms with Gasteiger partial charge in [0.15, 0.2) is 0 Å². The van der Waals surface area contributed by atoms with Gasteiger partial charge in [-0.1, -0.05) is 22.0 Å². The van der Waals surface area contributed by atoms with Crippen molar-refractivity contribution in [2.45, 2.75) is 0 Å². The third-order valence-electron chi connectivity index (χ3n) is 3.29. The van der Waals surface area contributed by atoms with Gasteiger partial charge >= 0.3 is 0 Å². The second-order valence-corrected chi connectivity index (χ2v) is 5.59. The van der Waals surface area contributed by atoms with Crippen molar-refractivity contribution in [2.24, 2.45) is 0 Å². The van der Waals surface area contributed by atoms with E-state index in [1.54, 1.807) is 13.3 Å². The lowest BCUT2D eigenvalue weighted by atomic mass is 10.1. The summed E-state index contributed by atoms with van der Waals surface area (Å²) >= 11 is 3.45. The van der Waals surface area contributed by atoms with Gasteiger partial charge in [-0.15, -0.1) is 0 Å². The SMILES string of the molecule is COc1ccc2c(Nc3cccc(Br)c3)c(C#N)cnc2c1. The summed E-state index contributed by atoms with van der Waals surface area (Å²) in [7, 11) is 1.62. The molecule has 0 spiro atoms. The maximum Gasteiger partial charge on any atom is 0.121 e. The number of nitrogens with zero attached hydrogens (tertiary/aromatic N) is 2. The van der Waals surface area contributed by atoms with Crippen LogP contribution in [0.25, 0.3) is 10.9 Å². The molecule has 1 N–H and O–H groups in total. The molecule has 108 valence electrons. The Hall–Kier alpha value is -2.58. The van der Waals surface area contributed by atoms with Crippen LogP contribution in [-0.2, 0) is 0 Å². The Kier molecular flexibility index (Phi) is 3.94. The van der Waals surface area contributed by atoms with Gasteiger partial charge in [0.1, 0.15) is 11.8 Å². The Labute approximate surface area is 136 Å². The summed E-state index contributed by atoms with van der Waals surface area (Å²) < 4.78 is 6.19. The number of pyridine rings is 1. The average molecular weight is 354 g/mol. The number of halogens is 1. The number of aromatic nitrogens is 1. The smallest absolute Gasteiger partial charge is 0.121 e. The fraction of sp³-hybridized carbons (Fsp3) is 0.0588. The Morgan fingerprint density at radius 1 is 1.23 bits per heavy atom. The van der Waals surface area contributed by atoms with Crippen LogP contribution in [0.2, 0.25) is 0 Å².